The van der Waals surface area contributed by atoms with Crippen molar-refractivity contribution in [1.29, 1.82) is 0 Å². The third kappa shape index (κ3) is 1.35. The van der Waals surface area contributed by atoms with Crippen molar-refractivity contribution in [2.45, 2.75) is 26.1 Å². The summed E-state index contributed by atoms with van der Waals surface area (Å²) in [6, 6.07) is 0. The maximum Gasteiger partial charge on any atom is 0.331 e. The molecule has 2 aliphatic carbocycles. The van der Waals surface area contributed by atoms with Gasteiger partial charge in [-0.3, -0.25) is 4.79 Å². The Morgan fingerprint density at radius 2 is 2.10 bits per heavy atom. The van der Waals surface area contributed by atoms with Crippen LogP contribution in [-0.2, 0) is 19.1 Å². The number of hydrogen-bond donors (Lipinski definition) is 1. The van der Waals surface area contributed by atoms with Gasteiger partial charge in [-0.1, -0.05) is 19.1 Å². The van der Waals surface area contributed by atoms with Crippen LogP contribution in [0.15, 0.2) is 35.5 Å². The van der Waals surface area contributed by atoms with Crippen molar-refractivity contribution >= 4 is 11.9 Å². The summed E-state index contributed by atoms with van der Waals surface area (Å²) in [5.41, 5.74) is 0.247. The molecule has 4 rings (SSSR count). The van der Waals surface area contributed by atoms with Gasteiger partial charge in [-0.05, 0) is 24.1 Å². The molecule has 0 unspecified atom stereocenters. The lowest BCUT2D eigenvalue weighted by atomic mass is 9.52. The summed E-state index contributed by atoms with van der Waals surface area (Å²) < 4.78 is 10.6. The third-order valence-electron chi connectivity index (χ3n) is 5.47. The zero-order valence-corrected chi connectivity index (χ0v) is 11.8. The smallest absolute Gasteiger partial charge is 0.331 e. The van der Waals surface area contributed by atoms with Crippen LogP contribution in [0.5, 0.6) is 0 Å². The predicted molar refractivity (Wildman–Crippen MR) is 71.9 cm³/mol. The molecule has 5 atom stereocenters. The van der Waals surface area contributed by atoms with Crippen molar-refractivity contribution < 1.29 is 24.2 Å². The van der Waals surface area contributed by atoms with Gasteiger partial charge in [-0.15, -0.1) is 0 Å². The normalized spacial score (nSPS) is 46.9. The second-order valence-electron chi connectivity index (χ2n) is 6.57. The summed E-state index contributed by atoms with van der Waals surface area (Å²) in [6.07, 6.45) is 5.63. The van der Waals surface area contributed by atoms with Crippen LogP contribution in [0, 0.1) is 16.7 Å². The minimum Gasteiger partial charge on any atom is -0.458 e. The summed E-state index contributed by atoms with van der Waals surface area (Å²) in [5, 5.41) is 10.3. The first-order valence-electron chi connectivity index (χ1n) is 7.06. The van der Waals surface area contributed by atoms with Crippen molar-refractivity contribution in [3.63, 3.8) is 0 Å². The highest BCUT2D eigenvalue weighted by atomic mass is 16.6. The van der Waals surface area contributed by atoms with E-state index in [0.717, 1.165) is 11.1 Å². The summed E-state index contributed by atoms with van der Waals surface area (Å²) in [4.78, 5) is 24.0. The standard InChI is InChI=1S/C16H16O5/c1-15-4-3-11(17)16(2)13(15)10(21-14(16)19)5-8-7-20-12(18)6-9(8)15/h3-6,10-11,13,17H,7H2,1-2H3/t10-,11+,13-,15-,16+/m1/s1. The molecule has 0 amide bonds. The maximum absolute atomic E-state index is 12.3. The molecule has 0 spiro atoms. The molecular formula is C16H16O5. The summed E-state index contributed by atoms with van der Waals surface area (Å²) >= 11 is 0. The van der Waals surface area contributed by atoms with Gasteiger partial charge in [0.15, 0.2) is 0 Å². The van der Waals surface area contributed by atoms with Gasteiger partial charge in [0.1, 0.15) is 18.1 Å². The van der Waals surface area contributed by atoms with Gasteiger partial charge in [-0.25, -0.2) is 4.79 Å². The van der Waals surface area contributed by atoms with E-state index in [4.69, 9.17) is 9.47 Å². The highest BCUT2D eigenvalue weighted by Gasteiger charge is 2.66. The van der Waals surface area contributed by atoms with E-state index in [1.807, 2.05) is 19.1 Å². The zero-order valence-electron chi connectivity index (χ0n) is 11.8. The molecule has 0 bridgehead atoms. The van der Waals surface area contributed by atoms with Crippen molar-refractivity contribution in [3.8, 4) is 0 Å². The lowest BCUT2D eigenvalue weighted by Gasteiger charge is -2.50. The molecule has 0 aromatic heterocycles. The van der Waals surface area contributed by atoms with Gasteiger partial charge in [0, 0.05) is 17.4 Å². The molecule has 0 aromatic carbocycles. The largest absolute Gasteiger partial charge is 0.458 e. The average Bonchev–Trinajstić information content (AvgIpc) is 2.70. The van der Waals surface area contributed by atoms with Crippen molar-refractivity contribution in [1.82, 2.24) is 0 Å². The molecule has 1 fully saturated rings. The van der Waals surface area contributed by atoms with Crippen LogP contribution in [0.3, 0.4) is 0 Å². The van der Waals surface area contributed by atoms with Gasteiger partial charge in [0.2, 0.25) is 0 Å². The van der Waals surface area contributed by atoms with Crippen LogP contribution in [0.25, 0.3) is 0 Å². The molecule has 0 saturated carbocycles. The lowest BCUT2D eigenvalue weighted by Crippen LogP contribution is -2.53. The van der Waals surface area contributed by atoms with E-state index in [-0.39, 0.29) is 24.5 Å². The Bertz CT molecular complexity index is 658. The first kappa shape index (κ1) is 12.8. The third-order valence-corrected chi connectivity index (χ3v) is 5.47. The number of cyclic esters (lactones) is 1. The van der Waals surface area contributed by atoms with Crippen LogP contribution in [0.2, 0.25) is 0 Å². The number of aliphatic hydroxyl groups is 1. The Hall–Kier alpha value is -1.88. The molecule has 5 nitrogen and oxygen atoms in total. The zero-order chi connectivity index (χ0) is 15.0. The molecule has 21 heavy (non-hydrogen) atoms. The SMILES string of the molecule is C[C@]12C(=O)O[C@@H]3C=C4COC(=O)C=C4[C@@](C)(C=C[C@@H]1O)[C@@H]32. The van der Waals surface area contributed by atoms with Gasteiger partial charge < -0.3 is 14.6 Å². The summed E-state index contributed by atoms with van der Waals surface area (Å²) in [5.74, 6) is -0.976. The molecule has 0 radical (unpaired) electrons. The summed E-state index contributed by atoms with van der Waals surface area (Å²) in [7, 11) is 0. The molecule has 4 aliphatic rings. The first-order valence-corrected chi connectivity index (χ1v) is 7.06. The number of aliphatic hydroxyl groups excluding tert-OH is 1. The lowest BCUT2D eigenvalue weighted by molar-refractivity contribution is -0.151. The number of carbonyl (C=O) groups excluding carboxylic acids is 2. The van der Waals surface area contributed by atoms with Gasteiger partial charge in [0.25, 0.3) is 0 Å². The van der Waals surface area contributed by atoms with Crippen LogP contribution < -0.4 is 0 Å². The van der Waals surface area contributed by atoms with Crippen molar-refractivity contribution in [2.24, 2.45) is 16.7 Å². The van der Waals surface area contributed by atoms with E-state index in [1.165, 1.54) is 6.08 Å². The number of ether oxygens (including phenoxy) is 2. The van der Waals surface area contributed by atoms with Crippen molar-refractivity contribution in [2.75, 3.05) is 6.61 Å². The van der Waals surface area contributed by atoms with Crippen LogP contribution in [0.1, 0.15) is 13.8 Å². The second-order valence-corrected chi connectivity index (χ2v) is 6.57. The topological polar surface area (TPSA) is 72.8 Å². The molecule has 0 aromatic rings. The van der Waals surface area contributed by atoms with E-state index in [1.54, 1.807) is 13.0 Å². The molecule has 110 valence electrons. The second kappa shape index (κ2) is 3.65. The number of fused-ring (bicyclic) bond motifs is 2. The predicted octanol–water partition coefficient (Wildman–Crippen LogP) is 0.894. The molecular weight excluding hydrogens is 272 g/mol. The molecule has 2 aliphatic heterocycles. The monoisotopic (exact) mass is 288 g/mol. The first-order chi connectivity index (χ1) is 9.87. The van der Waals surface area contributed by atoms with Crippen LogP contribution in [0.4, 0.5) is 0 Å². The minimum atomic E-state index is -0.988. The number of esters is 2. The fourth-order valence-corrected chi connectivity index (χ4v) is 4.35. The van der Waals surface area contributed by atoms with E-state index in [9.17, 15) is 14.7 Å². The van der Waals surface area contributed by atoms with Gasteiger partial charge in [0.05, 0.1) is 6.10 Å². The van der Waals surface area contributed by atoms with E-state index >= 15 is 0 Å². The highest BCUT2D eigenvalue weighted by molar-refractivity contribution is 5.88. The Kier molecular flexibility index (Phi) is 2.23. The fourth-order valence-electron chi connectivity index (χ4n) is 4.35. The van der Waals surface area contributed by atoms with E-state index in [0.29, 0.717) is 0 Å². The maximum atomic E-state index is 12.3. The van der Waals surface area contributed by atoms with Gasteiger partial charge >= 0.3 is 11.9 Å². The van der Waals surface area contributed by atoms with Crippen LogP contribution >= 0.6 is 0 Å². The number of carbonyl (C=O) groups is 2. The Balaban J connectivity index is 1.98. The van der Waals surface area contributed by atoms with E-state index in [2.05, 4.69) is 0 Å². The summed E-state index contributed by atoms with van der Waals surface area (Å²) in [6.45, 7) is 3.94. The van der Waals surface area contributed by atoms with Crippen molar-refractivity contribution in [3.05, 3.63) is 35.5 Å². The molecule has 1 N–H and O–H groups in total. The van der Waals surface area contributed by atoms with Crippen LogP contribution in [-0.4, -0.2) is 35.9 Å². The molecule has 5 heteroatoms. The van der Waals surface area contributed by atoms with E-state index < -0.39 is 23.0 Å². The molecule has 2 heterocycles. The number of hydrogen-bond acceptors (Lipinski definition) is 5. The number of rotatable bonds is 0. The fraction of sp³-hybridized carbons (Fsp3) is 0.500. The number of allylic oxidation sites excluding steroid dienone is 1. The minimum absolute atomic E-state index is 0.203. The Morgan fingerprint density at radius 3 is 2.86 bits per heavy atom. The Labute approximate surface area is 121 Å². The molecule has 1 saturated heterocycles. The quantitative estimate of drug-likeness (QED) is 0.529. The Morgan fingerprint density at radius 1 is 1.33 bits per heavy atom. The average molecular weight is 288 g/mol. The van der Waals surface area contributed by atoms with Gasteiger partial charge in [-0.2, -0.15) is 0 Å². The highest BCUT2D eigenvalue weighted by Crippen LogP contribution is 2.61.